The van der Waals surface area contributed by atoms with E-state index >= 15 is 0 Å². The number of aromatic amines is 1. The first-order valence-electron chi connectivity index (χ1n) is 10.3. The van der Waals surface area contributed by atoms with Crippen molar-refractivity contribution in [3.63, 3.8) is 0 Å². The molecule has 0 fully saturated rings. The molecule has 0 aliphatic heterocycles. The molecule has 0 bridgehead atoms. The van der Waals surface area contributed by atoms with Crippen LogP contribution in [0.1, 0.15) is 36.5 Å². The van der Waals surface area contributed by atoms with E-state index in [-0.39, 0.29) is 16.7 Å². The Morgan fingerprint density at radius 3 is 2.84 bits per heavy atom. The van der Waals surface area contributed by atoms with Gasteiger partial charge in [-0.05, 0) is 44.9 Å². The van der Waals surface area contributed by atoms with E-state index in [9.17, 15) is 9.59 Å². The first kappa shape index (κ1) is 21.6. The summed E-state index contributed by atoms with van der Waals surface area (Å²) in [6, 6.07) is 7.87. The number of fused-ring (bicyclic) bond motifs is 2. The summed E-state index contributed by atoms with van der Waals surface area (Å²) in [7, 11) is 0. The predicted octanol–water partition coefficient (Wildman–Crippen LogP) is 4.62. The van der Waals surface area contributed by atoms with Gasteiger partial charge in [0.15, 0.2) is 0 Å². The highest BCUT2D eigenvalue weighted by molar-refractivity contribution is 7.99. The van der Waals surface area contributed by atoms with Crippen molar-refractivity contribution < 1.29 is 4.79 Å². The molecule has 0 aliphatic carbocycles. The normalized spacial score (nSPS) is 12.5. The first-order chi connectivity index (χ1) is 14.9. The SMILES string of the molecule is CCCn1c(NC(=O)C(C)SCc2nc3sc(C)c(C)c3c(=O)[nH]2)nc2ccccc21. The number of amides is 1. The van der Waals surface area contributed by atoms with Crippen molar-refractivity contribution in [1.29, 1.82) is 0 Å². The molecule has 1 atom stereocenters. The number of rotatable bonds is 7. The number of aryl methyl sites for hydroxylation is 3. The smallest absolute Gasteiger partial charge is 0.259 e. The van der Waals surface area contributed by atoms with Crippen molar-refractivity contribution in [2.24, 2.45) is 0 Å². The van der Waals surface area contributed by atoms with Crippen LogP contribution in [0.4, 0.5) is 5.95 Å². The lowest BCUT2D eigenvalue weighted by Crippen LogP contribution is -2.25. The quantitative estimate of drug-likeness (QED) is 0.424. The average molecular weight is 456 g/mol. The Bertz CT molecular complexity index is 1320. The van der Waals surface area contributed by atoms with Crippen molar-refractivity contribution in [2.45, 2.75) is 51.7 Å². The Kier molecular flexibility index (Phi) is 6.15. The molecule has 0 saturated carbocycles. The van der Waals surface area contributed by atoms with Crippen molar-refractivity contribution in [1.82, 2.24) is 19.5 Å². The highest BCUT2D eigenvalue weighted by atomic mass is 32.2. The minimum absolute atomic E-state index is 0.118. The fraction of sp³-hybridized carbons (Fsp3) is 0.364. The number of anilines is 1. The summed E-state index contributed by atoms with van der Waals surface area (Å²) in [6.45, 7) is 8.66. The molecule has 31 heavy (non-hydrogen) atoms. The number of nitrogens with one attached hydrogen (secondary N) is 2. The minimum Gasteiger partial charge on any atom is -0.310 e. The molecule has 0 spiro atoms. The molecule has 0 aliphatic rings. The number of carbonyl (C=O) groups excluding carboxylic acids is 1. The molecule has 0 saturated heterocycles. The van der Waals surface area contributed by atoms with Gasteiger partial charge in [0.25, 0.3) is 5.56 Å². The summed E-state index contributed by atoms with van der Waals surface area (Å²) in [4.78, 5) is 39.2. The average Bonchev–Trinajstić information content (AvgIpc) is 3.23. The lowest BCUT2D eigenvalue weighted by Gasteiger charge is -2.13. The van der Waals surface area contributed by atoms with Crippen LogP contribution in [0.2, 0.25) is 0 Å². The summed E-state index contributed by atoms with van der Waals surface area (Å²) in [5, 5.41) is 3.31. The molecule has 162 valence electrons. The minimum atomic E-state index is -0.331. The van der Waals surface area contributed by atoms with Crippen LogP contribution in [0, 0.1) is 13.8 Å². The molecule has 2 N–H and O–H groups in total. The maximum Gasteiger partial charge on any atom is 0.259 e. The number of para-hydroxylation sites is 2. The molecule has 3 aromatic heterocycles. The lowest BCUT2D eigenvalue weighted by atomic mass is 10.2. The number of thiophene rings is 1. The highest BCUT2D eigenvalue weighted by Crippen LogP contribution is 2.27. The van der Waals surface area contributed by atoms with Crippen LogP contribution in [-0.4, -0.2) is 30.7 Å². The molecule has 1 unspecified atom stereocenters. The van der Waals surface area contributed by atoms with Gasteiger partial charge >= 0.3 is 0 Å². The van der Waals surface area contributed by atoms with E-state index in [0.717, 1.165) is 39.3 Å². The summed E-state index contributed by atoms with van der Waals surface area (Å²) in [6.07, 6.45) is 0.941. The number of H-pyrrole nitrogens is 1. The van der Waals surface area contributed by atoms with Crippen LogP contribution in [0.25, 0.3) is 21.3 Å². The summed E-state index contributed by atoms with van der Waals surface area (Å²) >= 11 is 2.96. The molecule has 4 rings (SSSR count). The maximum atomic E-state index is 12.8. The fourth-order valence-corrected chi connectivity index (χ4v) is 5.28. The summed E-state index contributed by atoms with van der Waals surface area (Å²) in [5.41, 5.74) is 2.74. The van der Waals surface area contributed by atoms with Crippen LogP contribution in [0.3, 0.4) is 0 Å². The van der Waals surface area contributed by atoms with Crippen molar-refractivity contribution in [3.8, 4) is 0 Å². The molecule has 9 heteroatoms. The van der Waals surface area contributed by atoms with Gasteiger partial charge in [-0.2, -0.15) is 0 Å². The lowest BCUT2D eigenvalue weighted by molar-refractivity contribution is -0.115. The molecular weight excluding hydrogens is 430 g/mol. The van der Waals surface area contributed by atoms with E-state index < -0.39 is 0 Å². The maximum absolute atomic E-state index is 12.8. The Labute approximate surface area is 188 Å². The van der Waals surface area contributed by atoms with Gasteiger partial charge in [-0.15, -0.1) is 23.1 Å². The summed E-state index contributed by atoms with van der Waals surface area (Å²) in [5.74, 6) is 1.48. The van der Waals surface area contributed by atoms with E-state index in [4.69, 9.17) is 0 Å². The van der Waals surface area contributed by atoms with Crippen LogP contribution in [-0.2, 0) is 17.1 Å². The Hall–Kier alpha value is -2.65. The molecule has 3 heterocycles. The third-order valence-electron chi connectivity index (χ3n) is 5.26. The zero-order valence-corrected chi connectivity index (χ0v) is 19.6. The number of hydrogen-bond donors (Lipinski definition) is 2. The summed E-state index contributed by atoms with van der Waals surface area (Å²) < 4.78 is 2.04. The number of aromatic nitrogens is 4. The standard InChI is InChI=1S/C22H25N5O2S2/c1-5-10-27-16-9-7-6-8-15(16)23-22(27)26-19(28)14(4)30-11-17-24-20(29)18-12(2)13(3)31-21(18)25-17/h6-9,14H,5,10-11H2,1-4H3,(H,23,26,28)(H,24,25,29). The zero-order valence-electron chi connectivity index (χ0n) is 18.0. The van der Waals surface area contributed by atoms with E-state index in [1.165, 1.54) is 23.1 Å². The van der Waals surface area contributed by atoms with Gasteiger partial charge in [-0.25, -0.2) is 9.97 Å². The van der Waals surface area contributed by atoms with E-state index in [2.05, 4.69) is 27.2 Å². The second-order valence-electron chi connectivity index (χ2n) is 7.49. The van der Waals surface area contributed by atoms with E-state index in [0.29, 0.717) is 22.9 Å². The molecule has 4 aromatic rings. The number of benzene rings is 1. The molecule has 1 amide bonds. The van der Waals surface area contributed by atoms with Gasteiger partial charge in [0.2, 0.25) is 11.9 Å². The molecule has 1 aromatic carbocycles. The Balaban J connectivity index is 1.47. The third-order valence-corrected chi connectivity index (χ3v) is 7.52. The fourth-order valence-electron chi connectivity index (χ4n) is 3.48. The zero-order chi connectivity index (χ0) is 22.1. The van der Waals surface area contributed by atoms with Crippen molar-refractivity contribution in [3.05, 3.63) is 50.9 Å². The largest absolute Gasteiger partial charge is 0.310 e. The van der Waals surface area contributed by atoms with Gasteiger partial charge in [-0.3, -0.25) is 14.9 Å². The van der Waals surface area contributed by atoms with Gasteiger partial charge in [0, 0.05) is 11.4 Å². The van der Waals surface area contributed by atoms with Gasteiger partial charge in [0.1, 0.15) is 10.7 Å². The second-order valence-corrected chi connectivity index (χ2v) is 10.0. The predicted molar refractivity (Wildman–Crippen MR) is 129 cm³/mol. The van der Waals surface area contributed by atoms with Crippen LogP contribution in [0.15, 0.2) is 29.1 Å². The van der Waals surface area contributed by atoms with Crippen molar-refractivity contribution >= 4 is 56.2 Å². The van der Waals surface area contributed by atoms with Crippen molar-refractivity contribution in [2.75, 3.05) is 5.32 Å². The molecule has 7 nitrogen and oxygen atoms in total. The van der Waals surface area contributed by atoms with E-state index in [1.807, 2.05) is 49.6 Å². The van der Waals surface area contributed by atoms with Gasteiger partial charge in [-0.1, -0.05) is 19.1 Å². The topological polar surface area (TPSA) is 92.7 Å². The third kappa shape index (κ3) is 4.24. The van der Waals surface area contributed by atoms with Crippen LogP contribution < -0.4 is 10.9 Å². The van der Waals surface area contributed by atoms with Crippen LogP contribution in [0.5, 0.6) is 0 Å². The monoisotopic (exact) mass is 455 g/mol. The van der Waals surface area contributed by atoms with Gasteiger partial charge < -0.3 is 9.55 Å². The number of imidazole rings is 1. The number of nitrogens with zero attached hydrogens (tertiary/aromatic N) is 3. The molecular formula is C22H25N5O2S2. The second kappa shape index (κ2) is 8.84. The van der Waals surface area contributed by atoms with Crippen LogP contribution >= 0.6 is 23.1 Å². The Morgan fingerprint density at radius 1 is 1.29 bits per heavy atom. The number of carbonyl (C=O) groups is 1. The van der Waals surface area contributed by atoms with E-state index in [1.54, 1.807) is 0 Å². The number of hydrogen-bond acceptors (Lipinski definition) is 6. The number of thioether (sulfide) groups is 1. The molecule has 0 radical (unpaired) electrons. The van der Waals surface area contributed by atoms with Gasteiger partial charge in [0.05, 0.1) is 27.4 Å². The Morgan fingerprint density at radius 2 is 2.06 bits per heavy atom. The first-order valence-corrected chi connectivity index (χ1v) is 12.1. The highest BCUT2D eigenvalue weighted by Gasteiger charge is 2.19.